The maximum atomic E-state index is 12.6. The van der Waals surface area contributed by atoms with Gasteiger partial charge in [0.2, 0.25) is 23.6 Å². The minimum Gasteiger partial charge on any atom is -0.481 e. The van der Waals surface area contributed by atoms with E-state index in [4.69, 9.17) is 27.4 Å². The quantitative estimate of drug-likeness (QED) is 0.107. The highest BCUT2D eigenvalue weighted by atomic mass is 16.4. The van der Waals surface area contributed by atoms with Crippen molar-refractivity contribution in [3.8, 4) is 0 Å². The minimum absolute atomic E-state index is 0.282. The Kier molecular flexibility index (Phi) is 13.2. The van der Waals surface area contributed by atoms with Crippen LogP contribution in [-0.2, 0) is 28.8 Å². The van der Waals surface area contributed by atoms with Crippen LogP contribution in [-0.4, -0.2) is 76.5 Å². The fourth-order valence-corrected chi connectivity index (χ4v) is 2.51. The van der Waals surface area contributed by atoms with Crippen LogP contribution in [0.2, 0.25) is 0 Å². The fraction of sp³-hybridized carbons (Fsp3) is 0.667. The molecule has 32 heavy (non-hydrogen) atoms. The largest absolute Gasteiger partial charge is 0.481 e. The van der Waals surface area contributed by atoms with Crippen LogP contribution in [0.15, 0.2) is 0 Å². The summed E-state index contributed by atoms with van der Waals surface area (Å²) in [5.74, 6) is -6.18. The maximum Gasteiger partial charge on any atom is 0.325 e. The van der Waals surface area contributed by atoms with Crippen LogP contribution < -0.4 is 33.2 Å². The van der Waals surface area contributed by atoms with Crippen molar-refractivity contribution in [2.45, 2.75) is 69.6 Å². The van der Waals surface area contributed by atoms with Gasteiger partial charge in [0.1, 0.15) is 18.1 Å². The van der Waals surface area contributed by atoms with Crippen LogP contribution >= 0.6 is 0 Å². The van der Waals surface area contributed by atoms with Crippen LogP contribution in [0.1, 0.15) is 45.4 Å². The molecule has 182 valence electrons. The number of rotatable bonds is 16. The predicted octanol–water partition coefficient (Wildman–Crippen LogP) is -3.26. The Labute approximate surface area is 184 Å². The molecule has 0 aromatic carbocycles. The number of amides is 4. The Morgan fingerprint density at radius 3 is 1.91 bits per heavy atom. The summed E-state index contributed by atoms with van der Waals surface area (Å²) in [6.07, 6.45) is 0.00258. The van der Waals surface area contributed by atoms with Gasteiger partial charge in [-0.3, -0.25) is 28.8 Å². The second-order valence-electron chi connectivity index (χ2n) is 7.18. The zero-order valence-corrected chi connectivity index (χ0v) is 17.8. The zero-order valence-electron chi connectivity index (χ0n) is 17.8. The first-order chi connectivity index (χ1) is 14.9. The van der Waals surface area contributed by atoms with Gasteiger partial charge in [0.15, 0.2) is 0 Å². The van der Waals surface area contributed by atoms with Gasteiger partial charge in [0, 0.05) is 6.42 Å². The molecule has 4 atom stereocenters. The second-order valence-corrected chi connectivity index (χ2v) is 7.18. The average Bonchev–Trinajstić information content (AvgIpc) is 2.69. The van der Waals surface area contributed by atoms with Crippen LogP contribution in [0.4, 0.5) is 0 Å². The molecule has 0 saturated heterocycles. The van der Waals surface area contributed by atoms with Gasteiger partial charge < -0.3 is 43.4 Å². The molecule has 4 amide bonds. The normalized spacial score (nSPS) is 14.3. The van der Waals surface area contributed by atoms with Crippen molar-refractivity contribution in [2.24, 2.45) is 17.2 Å². The molecule has 0 bridgehead atoms. The van der Waals surface area contributed by atoms with E-state index in [-0.39, 0.29) is 12.8 Å². The molecule has 14 heteroatoms. The summed E-state index contributed by atoms with van der Waals surface area (Å²) in [5, 5.41) is 24.4. The van der Waals surface area contributed by atoms with Gasteiger partial charge in [-0.25, -0.2) is 0 Å². The number of unbranched alkanes of at least 4 members (excludes halogenated alkanes) is 1. The first-order valence-electron chi connectivity index (χ1n) is 9.98. The first-order valence-corrected chi connectivity index (χ1v) is 9.98. The number of hydrogen-bond acceptors (Lipinski definition) is 8. The van der Waals surface area contributed by atoms with Crippen molar-refractivity contribution in [2.75, 3.05) is 6.54 Å². The molecule has 4 unspecified atom stereocenters. The summed E-state index contributed by atoms with van der Waals surface area (Å²) < 4.78 is 0. The van der Waals surface area contributed by atoms with Crippen molar-refractivity contribution in [1.82, 2.24) is 16.0 Å². The highest BCUT2D eigenvalue weighted by molar-refractivity contribution is 5.96. The average molecular weight is 460 g/mol. The number of primary amides is 1. The van der Waals surface area contributed by atoms with Gasteiger partial charge >= 0.3 is 11.9 Å². The fourth-order valence-electron chi connectivity index (χ4n) is 2.51. The molecule has 0 aromatic heterocycles. The minimum atomic E-state index is -1.47. The van der Waals surface area contributed by atoms with Gasteiger partial charge in [0.05, 0.1) is 12.5 Å². The van der Waals surface area contributed by atoms with Gasteiger partial charge in [-0.1, -0.05) is 6.42 Å². The van der Waals surface area contributed by atoms with Gasteiger partial charge in [-0.05, 0) is 32.7 Å². The number of carboxylic acid groups (broad SMARTS) is 2. The molecule has 0 aliphatic carbocycles. The van der Waals surface area contributed by atoms with Crippen LogP contribution in [0.3, 0.4) is 0 Å². The Balaban J connectivity index is 5.34. The van der Waals surface area contributed by atoms with E-state index in [9.17, 15) is 28.8 Å². The Bertz CT molecular complexity index is 701. The molecule has 0 fully saturated rings. The van der Waals surface area contributed by atoms with E-state index in [2.05, 4.69) is 16.0 Å². The molecule has 14 nitrogen and oxygen atoms in total. The molecule has 0 heterocycles. The number of carbonyl (C=O) groups excluding carboxylic acids is 4. The number of nitrogens with one attached hydrogen (secondary N) is 3. The van der Waals surface area contributed by atoms with E-state index < -0.39 is 72.6 Å². The molecule has 0 spiro atoms. The lowest BCUT2D eigenvalue weighted by atomic mass is 10.1. The SMILES string of the molecule is CC(NC(=O)C(CCC(=O)O)NC(=O)C(CC(N)=O)NC(=O)C(N)CCCCN)C(=O)O. The summed E-state index contributed by atoms with van der Waals surface area (Å²) in [7, 11) is 0. The third-order valence-electron chi connectivity index (χ3n) is 4.35. The van der Waals surface area contributed by atoms with Crippen molar-refractivity contribution in [1.29, 1.82) is 0 Å². The Morgan fingerprint density at radius 2 is 1.41 bits per heavy atom. The van der Waals surface area contributed by atoms with Crippen molar-refractivity contribution >= 4 is 35.6 Å². The van der Waals surface area contributed by atoms with Crippen LogP contribution in [0, 0.1) is 0 Å². The smallest absolute Gasteiger partial charge is 0.325 e. The molecule has 0 aliphatic rings. The standard InChI is InChI=1S/C18H32N6O8/c1-9(18(31)32)22-16(29)11(5-6-14(26)27)23-17(30)12(8-13(21)25)24-15(28)10(20)4-2-3-7-19/h9-12H,2-8,19-20H2,1H3,(H2,21,25)(H,22,29)(H,23,30)(H,24,28)(H,26,27)(H,31,32). The van der Waals surface area contributed by atoms with Gasteiger partial charge in [0.25, 0.3) is 0 Å². The van der Waals surface area contributed by atoms with Crippen LogP contribution in [0.25, 0.3) is 0 Å². The van der Waals surface area contributed by atoms with Gasteiger partial charge in [-0.2, -0.15) is 0 Å². The van der Waals surface area contributed by atoms with Crippen molar-refractivity contribution in [3.63, 3.8) is 0 Å². The van der Waals surface area contributed by atoms with E-state index in [0.29, 0.717) is 19.4 Å². The number of carboxylic acids is 2. The monoisotopic (exact) mass is 460 g/mol. The van der Waals surface area contributed by atoms with E-state index in [1.807, 2.05) is 0 Å². The van der Waals surface area contributed by atoms with E-state index >= 15 is 0 Å². The summed E-state index contributed by atoms with van der Waals surface area (Å²) in [4.78, 5) is 70.4. The lowest BCUT2D eigenvalue weighted by molar-refractivity contribution is -0.142. The third-order valence-corrected chi connectivity index (χ3v) is 4.35. The number of aliphatic carboxylic acids is 2. The second kappa shape index (κ2) is 14.7. The van der Waals surface area contributed by atoms with E-state index in [1.54, 1.807) is 0 Å². The summed E-state index contributed by atoms with van der Waals surface area (Å²) in [5.41, 5.74) is 16.3. The van der Waals surface area contributed by atoms with Crippen LogP contribution in [0.5, 0.6) is 0 Å². The van der Waals surface area contributed by atoms with Crippen molar-refractivity contribution < 1.29 is 39.0 Å². The molecule has 0 saturated carbocycles. The summed E-state index contributed by atoms with van der Waals surface area (Å²) in [6.45, 7) is 1.60. The topological polar surface area (TPSA) is 257 Å². The molecular formula is C18H32N6O8. The molecule has 11 N–H and O–H groups in total. The van der Waals surface area contributed by atoms with E-state index in [1.165, 1.54) is 6.92 Å². The highest BCUT2D eigenvalue weighted by Gasteiger charge is 2.30. The van der Waals surface area contributed by atoms with Crippen molar-refractivity contribution in [3.05, 3.63) is 0 Å². The van der Waals surface area contributed by atoms with Gasteiger partial charge in [-0.15, -0.1) is 0 Å². The molecule has 0 radical (unpaired) electrons. The number of carbonyl (C=O) groups is 6. The molecule has 0 aromatic rings. The number of hydrogen-bond donors (Lipinski definition) is 8. The Hall–Kier alpha value is -3.26. The molecule has 0 rings (SSSR count). The number of nitrogens with two attached hydrogens (primary N) is 3. The lowest BCUT2D eigenvalue weighted by Gasteiger charge is -2.24. The third kappa shape index (κ3) is 11.8. The first kappa shape index (κ1) is 28.7. The molecule has 0 aliphatic heterocycles. The highest BCUT2D eigenvalue weighted by Crippen LogP contribution is 2.04. The molecular weight excluding hydrogens is 428 g/mol. The Morgan fingerprint density at radius 1 is 0.844 bits per heavy atom. The lowest BCUT2D eigenvalue weighted by Crippen LogP contribution is -2.57. The van der Waals surface area contributed by atoms with E-state index in [0.717, 1.165) is 0 Å². The maximum absolute atomic E-state index is 12.6. The summed E-state index contributed by atoms with van der Waals surface area (Å²) in [6, 6.07) is -5.20. The summed E-state index contributed by atoms with van der Waals surface area (Å²) >= 11 is 0. The zero-order chi connectivity index (χ0) is 24.8. The predicted molar refractivity (Wildman–Crippen MR) is 111 cm³/mol.